The molecule has 0 radical (unpaired) electrons. The van der Waals surface area contributed by atoms with Crippen LogP contribution in [0.1, 0.15) is 68.6 Å². The second-order valence-corrected chi connectivity index (χ2v) is 6.98. The number of carbonyl (C=O) groups is 1. The fourth-order valence-corrected chi connectivity index (χ4v) is 2.28. The number of carbonyl (C=O) groups excluding carboxylic acids is 1. The van der Waals surface area contributed by atoms with E-state index in [0.29, 0.717) is 5.56 Å². The summed E-state index contributed by atoms with van der Waals surface area (Å²) in [6.07, 6.45) is 0.759. The minimum Gasteiger partial charge on any atom is -0.507 e. The third-order valence-corrected chi connectivity index (χ3v) is 3.34. The molecule has 0 unspecified atom stereocenters. The van der Waals surface area contributed by atoms with Gasteiger partial charge in [0, 0.05) is 5.56 Å². The molecule has 2 heteroatoms. The van der Waals surface area contributed by atoms with Crippen molar-refractivity contribution in [3.63, 3.8) is 0 Å². The van der Waals surface area contributed by atoms with Crippen LogP contribution in [0.15, 0.2) is 6.07 Å². The molecule has 0 amide bonds. The molecule has 0 saturated heterocycles. The summed E-state index contributed by atoms with van der Waals surface area (Å²) < 4.78 is 0. The standard InChI is InChI=1S/C16H24O2/c1-10-11(9-17)14(18)13(16(5,6)7)8-12(10)15(2,3)4/h8-9,18H,1-7H3. The Morgan fingerprint density at radius 3 is 1.78 bits per heavy atom. The van der Waals surface area contributed by atoms with Gasteiger partial charge in [0.1, 0.15) is 5.75 Å². The fraction of sp³-hybridized carbons (Fsp3) is 0.562. The minimum atomic E-state index is -0.185. The second kappa shape index (κ2) is 4.42. The van der Waals surface area contributed by atoms with E-state index < -0.39 is 0 Å². The Balaban J connectivity index is 3.73. The van der Waals surface area contributed by atoms with E-state index in [-0.39, 0.29) is 16.6 Å². The number of aromatic hydroxyl groups is 1. The monoisotopic (exact) mass is 248 g/mol. The molecular formula is C16H24O2. The van der Waals surface area contributed by atoms with Crippen LogP contribution in [0.3, 0.4) is 0 Å². The Morgan fingerprint density at radius 2 is 1.44 bits per heavy atom. The molecule has 1 aromatic carbocycles. The van der Waals surface area contributed by atoms with Gasteiger partial charge in [-0.25, -0.2) is 0 Å². The summed E-state index contributed by atoms with van der Waals surface area (Å²) in [6, 6.07) is 2.04. The fourth-order valence-electron chi connectivity index (χ4n) is 2.28. The predicted octanol–water partition coefficient (Wildman–Crippen LogP) is 4.11. The lowest BCUT2D eigenvalue weighted by Crippen LogP contribution is -2.19. The predicted molar refractivity (Wildman–Crippen MR) is 75.6 cm³/mol. The molecule has 1 N–H and O–H groups in total. The summed E-state index contributed by atoms with van der Waals surface area (Å²) in [7, 11) is 0. The molecule has 0 atom stereocenters. The highest BCUT2D eigenvalue weighted by molar-refractivity contribution is 5.83. The molecule has 0 aliphatic heterocycles. The maximum Gasteiger partial charge on any atom is 0.154 e. The van der Waals surface area contributed by atoms with Crippen LogP contribution in [0, 0.1) is 6.92 Å². The molecular weight excluding hydrogens is 224 g/mol. The van der Waals surface area contributed by atoms with E-state index in [9.17, 15) is 9.90 Å². The molecule has 18 heavy (non-hydrogen) atoms. The first-order valence-corrected chi connectivity index (χ1v) is 6.33. The van der Waals surface area contributed by atoms with Crippen molar-refractivity contribution < 1.29 is 9.90 Å². The minimum absolute atomic E-state index is 0.0461. The number of phenolic OH excluding ortho intramolecular Hbond substituents is 1. The van der Waals surface area contributed by atoms with Gasteiger partial charge in [0.05, 0.1) is 5.56 Å². The summed E-state index contributed by atoms with van der Waals surface area (Å²) >= 11 is 0. The van der Waals surface area contributed by atoms with Gasteiger partial charge in [-0.2, -0.15) is 0 Å². The first-order valence-electron chi connectivity index (χ1n) is 6.33. The van der Waals surface area contributed by atoms with Crippen molar-refractivity contribution in [2.24, 2.45) is 0 Å². The molecule has 0 spiro atoms. The summed E-state index contributed by atoms with van der Waals surface area (Å²) in [5.74, 6) is 0.128. The zero-order chi connectivity index (χ0) is 14.3. The maximum absolute atomic E-state index is 11.2. The van der Waals surface area contributed by atoms with Gasteiger partial charge >= 0.3 is 0 Å². The van der Waals surface area contributed by atoms with Crippen LogP contribution in [0.25, 0.3) is 0 Å². The molecule has 1 aromatic rings. The third kappa shape index (κ3) is 2.58. The summed E-state index contributed by atoms with van der Waals surface area (Å²) in [5, 5.41) is 10.3. The highest BCUT2D eigenvalue weighted by atomic mass is 16.3. The van der Waals surface area contributed by atoms with Gasteiger partial charge < -0.3 is 5.11 Å². The SMILES string of the molecule is Cc1c(C(C)(C)C)cc(C(C)(C)C)c(O)c1C=O. The van der Waals surface area contributed by atoms with Crippen LogP contribution in [0.2, 0.25) is 0 Å². The van der Waals surface area contributed by atoms with Crippen LogP contribution < -0.4 is 0 Å². The summed E-state index contributed by atoms with van der Waals surface area (Å²) in [6.45, 7) is 14.4. The van der Waals surface area contributed by atoms with Gasteiger partial charge in [-0.15, -0.1) is 0 Å². The van der Waals surface area contributed by atoms with Crippen molar-refractivity contribution in [1.82, 2.24) is 0 Å². The van der Waals surface area contributed by atoms with Crippen molar-refractivity contribution in [3.8, 4) is 5.75 Å². The Labute approximate surface area is 110 Å². The topological polar surface area (TPSA) is 37.3 Å². The van der Waals surface area contributed by atoms with Crippen molar-refractivity contribution in [1.29, 1.82) is 0 Å². The lowest BCUT2D eigenvalue weighted by molar-refractivity contribution is 0.112. The first-order chi connectivity index (χ1) is 8.00. The number of hydrogen-bond donors (Lipinski definition) is 1. The van der Waals surface area contributed by atoms with Gasteiger partial charge in [0.15, 0.2) is 6.29 Å². The van der Waals surface area contributed by atoms with Gasteiger partial charge in [0.25, 0.3) is 0 Å². The van der Waals surface area contributed by atoms with Gasteiger partial charge in [-0.3, -0.25) is 4.79 Å². The van der Waals surface area contributed by atoms with E-state index in [0.717, 1.165) is 23.0 Å². The number of benzene rings is 1. The second-order valence-electron chi connectivity index (χ2n) is 6.98. The molecule has 0 saturated carbocycles. The average Bonchev–Trinajstić information content (AvgIpc) is 2.14. The zero-order valence-electron chi connectivity index (χ0n) is 12.5. The molecule has 0 aromatic heterocycles. The maximum atomic E-state index is 11.2. The van der Waals surface area contributed by atoms with E-state index in [1.54, 1.807) is 0 Å². The summed E-state index contributed by atoms with van der Waals surface area (Å²) in [4.78, 5) is 11.2. The zero-order valence-corrected chi connectivity index (χ0v) is 12.5. The van der Waals surface area contributed by atoms with E-state index in [4.69, 9.17) is 0 Å². The average molecular weight is 248 g/mol. The van der Waals surface area contributed by atoms with Crippen molar-refractivity contribution in [2.45, 2.75) is 59.3 Å². The molecule has 0 bridgehead atoms. The Bertz CT molecular complexity index is 433. The van der Waals surface area contributed by atoms with Gasteiger partial charge in [0.2, 0.25) is 0 Å². The molecule has 100 valence electrons. The van der Waals surface area contributed by atoms with E-state index in [1.165, 1.54) is 0 Å². The number of rotatable bonds is 1. The molecule has 0 heterocycles. The van der Waals surface area contributed by atoms with Crippen LogP contribution >= 0.6 is 0 Å². The molecule has 1 rings (SSSR count). The third-order valence-electron chi connectivity index (χ3n) is 3.34. The van der Waals surface area contributed by atoms with Crippen molar-refractivity contribution in [2.75, 3.05) is 0 Å². The number of aldehydes is 1. The van der Waals surface area contributed by atoms with Crippen LogP contribution in [0.4, 0.5) is 0 Å². The molecule has 0 fully saturated rings. The largest absolute Gasteiger partial charge is 0.507 e. The lowest BCUT2D eigenvalue weighted by atomic mass is 9.76. The highest BCUT2D eigenvalue weighted by Crippen LogP contribution is 2.39. The number of hydrogen-bond acceptors (Lipinski definition) is 2. The van der Waals surface area contributed by atoms with Crippen molar-refractivity contribution >= 4 is 6.29 Å². The van der Waals surface area contributed by atoms with Crippen LogP contribution in [0.5, 0.6) is 5.75 Å². The van der Waals surface area contributed by atoms with E-state index in [2.05, 4.69) is 20.8 Å². The Kier molecular flexibility index (Phi) is 3.62. The van der Waals surface area contributed by atoms with Crippen LogP contribution in [-0.4, -0.2) is 11.4 Å². The van der Waals surface area contributed by atoms with Crippen LogP contribution in [-0.2, 0) is 10.8 Å². The smallest absolute Gasteiger partial charge is 0.154 e. The highest BCUT2D eigenvalue weighted by Gasteiger charge is 2.27. The van der Waals surface area contributed by atoms with Gasteiger partial charge in [-0.1, -0.05) is 47.6 Å². The molecule has 0 aliphatic carbocycles. The van der Waals surface area contributed by atoms with E-state index in [1.807, 2.05) is 33.8 Å². The van der Waals surface area contributed by atoms with Gasteiger partial charge in [-0.05, 0) is 28.9 Å². The summed E-state index contributed by atoms with van der Waals surface area (Å²) in [5.41, 5.74) is 3.02. The lowest BCUT2D eigenvalue weighted by Gasteiger charge is -2.28. The molecule has 2 nitrogen and oxygen atoms in total. The number of phenols is 1. The normalized spacial score (nSPS) is 12.6. The quantitative estimate of drug-likeness (QED) is 0.759. The Hall–Kier alpha value is -1.31. The first kappa shape index (κ1) is 14.7. The van der Waals surface area contributed by atoms with E-state index >= 15 is 0 Å². The molecule has 0 aliphatic rings. The van der Waals surface area contributed by atoms with Crippen molar-refractivity contribution in [3.05, 3.63) is 28.3 Å². The Morgan fingerprint density at radius 1 is 1.00 bits per heavy atom.